The van der Waals surface area contributed by atoms with E-state index in [0.29, 0.717) is 0 Å². The molecule has 0 amide bonds. The van der Waals surface area contributed by atoms with E-state index in [1.165, 1.54) is 25.8 Å². The second-order valence-corrected chi connectivity index (χ2v) is 3.38. The molecule has 68 valence electrons. The van der Waals surface area contributed by atoms with Gasteiger partial charge in [-0.15, -0.1) is 0 Å². The highest BCUT2D eigenvalue weighted by molar-refractivity contribution is 7.80. The summed E-state index contributed by atoms with van der Waals surface area (Å²) in [6.45, 7) is 6.75. The van der Waals surface area contributed by atoms with Crippen molar-refractivity contribution in [2.75, 3.05) is 18.8 Å². The van der Waals surface area contributed by atoms with Crippen molar-refractivity contribution in [1.29, 1.82) is 0 Å². The molecule has 0 aromatic rings. The molecule has 0 bridgehead atoms. The van der Waals surface area contributed by atoms with E-state index >= 15 is 0 Å². The quantitative estimate of drug-likeness (QED) is 0.447. The molecule has 0 aliphatic heterocycles. The number of hydrogen-bond donors (Lipinski definition) is 2. The van der Waals surface area contributed by atoms with Crippen LogP contribution in [0.5, 0.6) is 0 Å². The third kappa shape index (κ3) is 6.70. The number of hydrogen-bond acceptors (Lipinski definition) is 2. The van der Waals surface area contributed by atoms with Crippen molar-refractivity contribution in [3.63, 3.8) is 0 Å². The van der Waals surface area contributed by atoms with Crippen LogP contribution in [-0.2, 0) is 0 Å². The molecule has 1 atom stereocenters. The summed E-state index contributed by atoms with van der Waals surface area (Å²) < 4.78 is 0. The maximum Gasteiger partial charge on any atom is -0.00128 e. The molecule has 1 unspecified atom stereocenters. The molecule has 0 rings (SSSR count). The average molecular weight is 175 g/mol. The second kappa shape index (κ2) is 8.41. The van der Waals surface area contributed by atoms with E-state index in [2.05, 4.69) is 31.8 Å². The molecule has 0 heterocycles. The van der Waals surface area contributed by atoms with Crippen molar-refractivity contribution < 1.29 is 0 Å². The van der Waals surface area contributed by atoms with E-state index in [9.17, 15) is 0 Å². The van der Waals surface area contributed by atoms with Crippen LogP contribution in [0.2, 0.25) is 0 Å². The lowest BCUT2D eigenvalue weighted by Crippen LogP contribution is -2.24. The minimum absolute atomic E-state index is 0.759. The summed E-state index contributed by atoms with van der Waals surface area (Å²) in [5, 5.41) is 3.44. The molecular formula is C9H21NS. The van der Waals surface area contributed by atoms with E-state index in [1.54, 1.807) is 0 Å². The smallest absolute Gasteiger partial charge is 0.00128 e. The summed E-state index contributed by atoms with van der Waals surface area (Å²) in [5.41, 5.74) is 0. The predicted molar refractivity (Wildman–Crippen MR) is 55.4 cm³/mol. The van der Waals surface area contributed by atoms with E-state index in [1.807, 2.05) is 0 Å². The van der Waals surface area contributed by atoms with Gasteiger partial charge in [0.15, 0.2) is 0 Å². The van der Waals surface area contributed by atoms with Gasteiger partial charge in [-0.05, 0) is 31.2 Å². The Labute approximate surface area is 76.4 Å². The normalized spacial score (nSPS) is 13.4. The molecule has 1 N–H and O–H groups in total. The summed E-state index contributed by atoms with van der Waals surface area (Å²) >= 11 is 4.28. The zero-order valence-electron chi connectivity index (χ0n) is 7.77. The highest BCUT2D eigenvalue weighted by Gasteiger charge is 2.01. The number of nitrogens with one attached hydrogen (secondary N) is 1. The van der Waals surface area contributed by atoms with Gasteiger partial charge >= 0.3 is 0 Å². The molecule has 0 fully saturated rings. The van der Waals surface area contributed by atoms with Crippen LogP contribution in [0.15, 0.2) is 0 Å². The van der Waals surface area contributed by atoms with Crippen LogP contribution < -0.4 is 5.32 Å². The Balaban J connectivity index is 3.07. The monoisotopic (exact) mass is 175 g/mol. The molecular weight excluding hydrogens is 154 g/mol. The summed E-state index contributed by atoms with van der Waals surface area (Å²) in [7, 11) is 0. The van der Waals surface area contributed by atoms with Crippen LogP contribution in [0.1, 0.15) is 33.1 Å². The third-order valence-corrected chi connectivity index (χ3v) is 2.49. The highest BCUT2D eigenvalue weighted by Crippen LogP contribution is 2.02. The minimum Gasteiger partial charge on any atom is -0.316 e. The fraction of sp³-hybridized carbons (Fsp3) is 1.00. The van der Waals surface area contributed by atoms with Crippen molar-refractivity contribution in [3.05, 3.63) is 0 Å². The molecule has 0 radical (unpaired) electrons. The fourth-order valence-corrected chi connectivity index (χ4v) is 1.33. The molecule has 0 saturated carbocycles. The maximum absolute atomic E-state index is 4.28. The van der Waals surface area contributed by atoms with Crippen LogP contribution in [-0.4, -0.2) is 18.8 Å². The molecule has 0 saturated heterocycles. The van der Waals surface area contributed by atoms with Gasteiger partial charge in [0.05, 0.1) is 0 Å². The van der Waals surface area contributed by atoms with Crippen molar-refractivity contribution in [1.82, 2.24) is 5.32 Å². The van der Waals surface area contributed by atoms with Crippen molar-refractivity contribution in [2.45, 2.75) is 33.1 Å². The zero-order chi connectivity index (χ0) is 8.53. The van der Waals surface area contributed by atoms with Gasteiger partial charge < -0.3 is 5.32 Å². The van der Waals surface area contributed by atoms with Gasteiger partial charge in [0.25, 0.3) is 0 Å². The van der Waals surface area contributed by atoms with Gasteiger partial charge in [-0.1, -0.05) is 26.7 Å². The number of rotatable bonds is 7. The molecule has 1 nitrogen and oxygen atoms in total. The summed E-state index contributed by atoms with van der Waals surface area (Å²) in [5.74, 6) is 1.77. The highest BCUT2D eigenvalue weighted by atomic mass is 32.1. The Morgan fingerprint density at radius 2 is 2.09 bits per heavy atom. The Hall–Kier alpha value is 0.310. The average Bonchev–Trinajstić information content (AvgIpc) is 2.05. The lowest BCUT2D eigenvalue weighted by atomic mass is 10.1. The number of unbranched alkanes of at least 4 members (excludes halogenated alkanes) is 1. The molecule has 11 heavy (non-hydrogen) atoms. The van der Waals surface area contributed by atoms with Gasteiger partial charge in [-0.25, -0.2) is 0 Å². The SMILES string of the molecule is CCCCNCC(CC)CS. The van der Waals surface area contributed by atoms with Gasteiger partial charge in [0.2, 0.25) is 0 Å². The molecule has 0 aliphatic rings. The number of thiol groups is 1. The van der Waals surface area contributed by atoms with Crippen LogP contribution in [0.4, 0.5) is 0 Å². The van der Waals surface area contributed by atoms with Gasteiger partial charge in [0, 0.05) is 0 Å². The molecule has 2 heteroatoms. The zero-order valence-corrected chi connectivity index (χ0v) is 8.66. The first-order valence-corrected chi connectivity index (χ1v) is 5.29. The lowest BCUT2D eigenvalue weighted by molar-refractivity contribution is 0.502. The summed E-state index contributed by atoms with van der Waals surface area (Å²) in [6.07, 6.45) is 3.82. The van der Waals surface area contributed by atoms with E-state index in [4.69, 9.17) is 0 Å². The Kier molecular flexibility index (Phi) is 8.64. The first kappa shape index (κ1) is 11.3. The van der Waals surface area contributed by atoms with E-state index < -0.39 is 0 Å². The van der Waals surface area contributed by atoms with Crippen LogP contribution >= 0.6 is 12.6 Å². The first-order valence-electron chi connectivity index (χ1n) is 4.66. The standard InChI is InChI=1S/C9H21NS/c1-3-5-6-10-7-9(4-2)8-11/h9-11H,3-8H2,1-2H3. The van der Waals surface area contributed by atoms with Crippen molar-refractivity contribution in [2.24, 2.45) is 5.92 Å². The van der Waals surface area contributed by atoms with Crippen LogP contribution in [0, 0.1) is 5.92 Å². The Morgan fingerprint density at radius 3 is 2.55 bits per heavy atom. The Morgan fingerprint density at radius 1 is 1.36 bits per heavy atom. The van der Waals surface area contributed by atoms with Crippen LogP contribution in [0.3, 0.4) is 0 Å². The van der Waals surface area contributed by atoms with E-state index in [-0.39, 0.29) is 0 Å². The fourth-order valence-electron chi connectivity index (χ4n) is 0.946. The maximum atomic E-state index is 4.28. The molecule has 0 aromatic carbocycles. The second-order valence-electron chi connectivity index (χ2n) is 3.01. The summed E-state index contributed by atoms with van der Waals surface area (Å²) in [6, 6.07) is 0. The summed E-state index contributed by atoms with van der Waals surface area (Å²) in [4.78, 5) is 0. The first-order chi connectivity index (χ1) is 5.35. The minimum atomic E-state index is 0.759. The molecule has 0 aromatic heterocycles. The largest absolute Gasteiger partial charge is 0.316 e. The van der Waals surface area contributed by atoms with Gasteiger partial charge in [0.1, 0.15) is 0 Å². The van der Waals surface area contributed by atoms with Crippen LogP contribution in [0.25, 0.3) is 0 Å². The Bertz CT molecular complexity index is 72.0. The molecule has 0 aliphatic carbocycles. The van der Waals surface area contributed by atoms with Gasteiger partial charge in [-0.2, -0.15) is 12.6 Å². The van der Waals surface area contributed by atoms with E-state index in [0.717, 1.165) is 18.2 Å². The molecule has 0 spiro atoms. The predicted octanol–water partition coefficient (Wildman–Crippen LogP) is 2.33. The lowest BCUT2D eigenvalue weighted by Gasteiger charge is -2.11. The topological polar surface area (TPSA) is 12.0 Å². The van der Waals surface area contributed by atoms with Crippen molar-refractivity contribution >= 4 is 12.6 Å². The van der Waals surface area contributed by atoms with Gasteiger partial charge in [-0.3, -0.25) is 0 Å². The van der Waals surface area contributed by atoms with Crippen molar-refractivity contribution in [3.8, 4) is 0 Å². The third-order valence-electron chi connectivity index (χ3n) is 1.98.